The summed E-state index contributed by atoms with van der Waals surface area (Å²) in [5.41, 5.74) is 0. The minimum Gasteiger partial charge on any atom is -0.480 e. The first-order valence-electron chi connectivity index (χ1n) is 6.19. The molecule has 0 radical (unpaired) electrons. The number of hydrogen-bond donors (Lipinski definition) is 2. The van der Waals surface area contributed by atoms with Gasteiger partial charge in [0.05, 0.1) is 6.61 Å². The fourth-order valence-corrected chi connectivity index (χ4v) is 2.58. The standard InChI is InChI=1S/C11H19N3O5S/c1-3-5-14-7-10(13-9(14)2)20(17,18)12-4-6-19-8-11(15)16/h7,12H,3-6,8H2,1-2H3,(H,15,16). The lowest BCUT2D eigenvalue weighted by molar-refractivity contribution is -0.142. The van der Waals surface area contributed by atoms with E-state index in [1.165, 1.54) is 6.20 Å². The van der Waals surface area contributed by atoms with E-state index in [0.29, 0.717) is 12.4 Å². The van der Waals surface area contributed by atoms with Crippen LogP contribution in [-0.2, 0) is 26.1 Å². The van der Waals surface area contributed by atoms with E-state index in [-0.39, 0.29) is 18.2 Å². The highest BCUT2D eigenvalue weighted by molar-refractivity contribution is 7.89. The van der Waals surface area contributed by atoms with Crippen LogP contribution in [0.1, 0.15) is 19.2 Å². The molecule has 1 aromatic heterocycles. The maximum atomic E-state index is 11.9. The van der Waals surface area contributed by atoms with Crippen molar-refractivity contribution < 1.29 is 23.1 Å². The number of nitrogens with one attached hydrogen (secondary N) is 1. The molecule has 0 aromatic carbocycles. The number of aliphatic carboxylic acids is 1. The van der Waals surface area contributed by atoms with Gasteiger partial charge in [0.2, 0.25) is 0 Å². The van der Waals surface area contributed by atoms with Gasteiger partial charge < -0.3 is 14.4 Å². The number of imidazole rings is 1. The molecule has 0 fully saturated rings. The van der Waals surface area contributed by atoms with Crippen LogP contribution in [0.5, 0.6) is 0 Å². The molecule has 0 saturated carbocycles. The van der Waals surface area contributed by atoms with Crippen LogP contribution >= 0.6 is 0 Å². The first-order chi connectivity index (χ1) is 9.36. The van der Waals surface area contributed by atoms with Crippen molar-refractivity contribution in [2.75, 3.05) is 19.8 Å². The number of ether oxygens (including phenoxy) is 1. The number of rotatable bonds is 9. The molecule has 1 heterocycles. The molecule has 0 aliphatic heterocycles. The van der Waals surface area contributed by atoms with Crippen molar-refractivity contribution in [1.29, 1.82) is 0 Å². The lowest BCUT2D eigenvalue weighted by Gasteiger charge is -2.04. The predicted molar refractivity (Wildman–Crippen MR) is 70.9 cm³/mol. The number of nitrogens with zero attached hydrogens (tertiary/aromatic N) is 2. The Morgan fingerprint density at radius 3 is 2.85 bits per heavy atom. The van der Waals surface area contributed by atoms with E-state index < -0.39 is 22.6 Å². The third kappa shape index (κ3) is 4.91. The van der Waals surface area contributed by atoms with E-state index in [1.54, 1.807) is 11.5 Å². The molecule has 0 atom stereocenters. The molecule has 114 valence electrons. The van der Waals surface area contributed by atoms with E-state index >= 15 is 0 Å². The van der Waals surface area contributed by atoms with Crippen LogP contribution in [0.25, 0.3) is 0 Å². The summed E-state index contributed by atoms with van der Waals surface area (Å²) in [5, 5.41) is 8.32. The maximum Gasteiger partial charge on any atom is 0.329 e. The maximum absolute atomic E-state index is 11.9. The van der Waals surface area contributed by atoms with Gasteiger partial charge in [0, 0.05) is 19.3 Å². The summed E-state index contributed by atoms with van der Waals surface area (Å²) < 4.78 is 32.7. The minimum absolute atomic E-state index is 0.00466. The Hall–Kier alpha value is -1.45. The monoisotopic (exact) mass is 305 g/mol. The van der Waals surface area contributed by atoms with Gasteiger partial charge in [0.15, 0.2) is 5.03 Å². The molecular weight excluding hydrogens is 286 g/mol. The van der Waals surface area contributed by atoms with Crippen LogP contribution in [0.15, 0.2) is 11.2 Å². The lowest BCUT2D eigenvalue weighted by atomic mass is 10.5. The molecule has 0 aliphatic carbocycles. The molecule has 8 nitrogen and oxygen atoms in total. The average Bonchev–Trinajstić information content (AvgIpc) is 2.71. The van der Waals surface area contributed by atoms with Crippen LogP contribution < -0.4 is 4.72 Å². The van der Waals surface area contributed by atoms with Crippen LogP contribution in [0.3, 0.4) is 0 Å². The Kier molecular flexibility index (Phi) is 6.11. The summed E-state index contributed by atoms with van der Waals surface area (Å²) in [6, 6.07) is 0. The number of aryl methyl sites for hydroxylation is 2. The Morgan fingerprint density at radius 1 is 1.55 bits per heavy atom. The van der Waals surface area contributed by atoms with Crippen LogP contribution in [-0.4, -0.2) is 48.8 Å². The van der Waals surface area contributed by atoms with Crippen molar-refractivity contribution in [2.45, 2.75) is 31.8 Å². The van der Waals surface area contributed by atoms with Crippen molar-refractivity contribution in [3.8, 4) is 0 Å². The van der Waals surface area contributed by atoms with E-state index in [1.807, 2.05) is 6.92 Å². The largest absolute Gasteiger partial charge is 0.480 e. The number of carbonyl (C=O) groups is 1. The molecule has 1 aromatic rings. The van der Waals surface area contributed by atoms with Crippen LogP contribution in [0, 0.1) is 6.92 Å². The fourth-order valence-electron chi connectivity index (χ4n) is 1.56. The van der Waals surface area contributed by atoms with Crippen molar-refractivity contribution >= 4 is 16.0 Å². The zero-order valence-corrected chi connectivity index (χ0v) is 12.3. The third-order valence-corrected chi connectivity index (χ3v) is 3.79. The first kappa shape index (κ1) is 16.6. The van der Waals surface area contributed by atoms with Gasteiger partial charge in [-0.15, -0.1) is 0 Å². The van der Waals surface area contributed by atoms with Gasteiger partial charge in [-0.25, -0.2) is 22.9 Å². The Bertz CT molecular complexity index is 552. The van der Waals surface area contributed by atoms with E-state index in [0.717, 1.165) is 6.42 Å². The van der Waals surface area contributed by atoms with Crippen molar-refractivity contribution in [1.82, 2.24) is 14.3 Å². The fraction of sp³-hybridized carbons (Fsp3) is 0.636. The number of carboxylic acids is 1. The molecule has 0 spiro atoms. The number of carboxylic acid groups (broad SMARTS) is 1. The molecule has 0 bridgehead atoms. The summed E-state index contributed by atoms with van der Waals surface area (Å²) in [4.78, 5) is 14.2. The second-order valence-electron chi connectivity index (χ2n) is 4.16. The topological polar surface area (TPSA) is 111 Å². The van der Waals surface area contributed by atoms with E-state index in [9.17, 15) is 13.2 Å². The van der Waals surface area contributed by atoms with Gasteiger partial charge in [-0.1, -0.05) is 6.92 Å². The van der Waals surface area contributed by atoms with Gasteiger partial charge in [-0.05, 0) is 13.3 Å². The summed E-state index contributed by atoms with van der Waals surface area (Å²) in [7, 11) is -3.69. The summed E-state index contributed by atoms with van der Waals surface area (Å²) in [6.07, 6.45) is 2.37. The third-order valence-electron chi connectivity index (χ3n) is 2.46. The molecule has 2 N–H and O–H groups in total. The molecule has 0 unspecified atom stereocenters. The highest BCUT2D eigenvalue weighted by Crippen LogP contribution is 2.09. The molecule has 0 amide bonds. The summed E-state index contributed by atoms with van der Waals surface area (Å²) in [5.74, 6) is -0.462. The van der Waals surface area contributed by atoms with Crippen LogP contribution in [0.2, 0.25) is 0 Å². The molecule has 9 heteroatoms. The smallest absolute Gasteiger partial charge is 0.329 e. The molecule has 1 rings (SSSR count). The van der Waals surface area contributed by atoms with Crippen molar-refractivity contribution in [2.24, 2.45) is 0 Å². The minimum atomic E-state index is -3.69. The zero-order chi connectivity index (χ0) is 15.2. The average molecular weight is 305 g/mol. The molecule has 0 aliphatic rings. The quantitative estimate of drug-likeness (QED) is 0.620. The SMILES string of the molecule is CCCn1cc(S(=O)(=O)NCCOCC(=O)O)nc1C. The van der Waals surface area contributed by atoms with Crippen LogP contribution in [0.4, 0.5) is 0 Å². The normalized spacial score (nSPS) is 11.7. The second kappa shape index (κ2) is 7.36. The molecular formula is C11H19N3O5S. The van der Waals surface area contributed by atoms with E-state index in [2.05, 4.69) is 9.71 Å². The van der Waals surface area contributed by atoms with Gasteiger partial charge in [0.25, 0.3) is 10.0 Å². The van der Waals surface area contributed by atoms with Crippen molar-refractivity contribution in [3.63, 3.8) is 0 Å². The number of hydrogen-bond acceptors (Lipinski definition) is 5. The van der Waals surface area contributed by atoms with Gasteiger partial charge in [0.1, 0.15) is 12.4 Å². The predicted octanol–water partition coefficient (Wildman–Crippen LogP) is -0.0190. The first-order valence-corrected chi connectivity index (χ1v) is 7.68. The Labute approximate surface area is 117 Å². The molecule has 20 heavy (non-hydrogen) atoms. The Balaban J connectivity index is 2.56. The number of sulfonamides is 1. The highest BCUT2D eigenvalue weighted by atomic mass is 32.2. The second-order valence-corrected chi connectivity index (χ2v) is 5.88. The Morgan fingerprint density at radius 2 is 2.25 bits per heavy atom. The summed E-state index contributed by atoms with van der Waals surface area (Å²) in [6.45, 7) is 3.97. The van der Waals surface area contributed by atoms with Gasteiger partial charge in [-0.3, -0.25) is 0 Å². The highest BCUT2D eigenvalue weighted by Gasteiger charge is 2.18. The van der Waals surface area contributed by atoms with Gasteiger partial charge >= 0.3 is 5.97 Å². The lowest BCUT2D eigenvalue weighted by Crippen LogP contribution is -2.28. The number of aromatic nitrogens is 2. The van der Waals surface area contributed by atoms with E-state index in [4.69, 9.17) is 9.84 Å². The molecule has 0 saturated heterocycles. The van der Waals surface area contributed by atoms with Gasteiger partial charge in [-0.2, -0.15) is 0 Å². The zero-order valence-electron chi connectivity index (χ0n) is 11.5. The van der Waals surface area contributed by atoms with Crippen molar-refractivity contribution in [3.05, 3.63) is 12.0 Å². The summed E-state index contributed by atoms with van der Waals surface area (Å²) >= 11 is 0.